The first-order chi connectivity index (χ1) is 12.7. The van der Waals surface area contributed by atoms with E-state index < -0.39 is 18.2 Å². The van der Waals surface area contributed by atoms with Crippen molar-refractivity contribution in [2.45, 2.75) is 32.8 Å². The largest absolute Gasteiger partial charge is 0.398 e. The number of benzene rings is 1. The predicted molar refractivity (Wildman–Crippen MR) is 106 cm³/mol. The number of carbonyl (C=O) groups is 1. The number of piperidine rings is 1. The number of nitrogens with zero attached hydrogens (tertiary/aromatic N) is 1. The number of urea groups is 1. The van der Waals surface area contributed by atoms with Crippen LogP contribution >= 0.6 is 11.6 Å². The highest BCUT2D eigenvalue weighted by Crippen LogP contribution is 2.46. The first kappa shape index (κ1) is 21.4. The second-order valence-electron chi connectivity index (χ2n) is 7.55. The summed E-state index contributed by atoms with van der Waals surface area (Å²) >= 11 is 6.13. The van der Waals surface area contributed by atoms with Crippen LogP contribution in [-0.4, -0.2) is 48.6 Å². The smallest absolute Gasteiger partial charge is 0.317 e. The van der Waals surface area contributed by atoms with Crippen LogP contribution in [0.25, 0.3) is 0 Å². The molecule has 150 valence electrons. The van der Waals surface area contributed by atoms with E-state index in [0.29, 0.717) is 34.9 Å². The number of carbonyl (C=O) groups excluding carboxylic acids is 1. The molecule has 0 aromatic heterocycles. The number of nitrogen functional groups attached to an aromatic ring is 1. The van der Waals surface area contributed by atoms with Crippen molar-refractivity contribution in [3.05, 3.63) is 28.3 Å². The number of hydrogen-bond donors (Lipinski definition) is 4. The Labute approximate surface area is 164 Å². The highest BCUT2D eigenvalue weighted by atomic mass is 35.5. The first-order valence-electron chi connectivity index (χ1n) is 9.08. The van der Waals surface area contributed by atoms with Crippen LogP contribution in [0.1, 0.15) is 43.9 Å². The van der Waals surface area contributed by atoms with Gasteiger partial charge in [-0.2, -0.15) is 0 Å². The molecule has 1 aromatic rings. The van der Waals surface area contributed by atoms with Gasteiger partial charge in [-0.1, -0.05) is 25.4 Å². The summed E-state index contributed by atoms with van der Waals surface area (Å²) in [6, 6.07) is 3.00. The third-order valence-electron chi connectivity index (χ3n) is 5.57. The summed E-state index contributed by atoms with van der Waals surface area (Å²) < 4.78 is 12.2. The molecular formula is C19H28ClFN4O2. The molecular weight excluding hydrogens is 371 g/mol. The molecule has 1 aromatic carbocycles. The van der Waals surface area contributed by atoms with E-state index in [2.05, 4.69) is 5.32 Å². The second-order valence-corrected chi connectivity index (χ2v) is 7.98. The Morgan fingerprint density at radius 2 is 2.15 bits per heavy atom. The molecule has 0 radical (unpaired) electrons. The minimum atomic E-state index is -0.855. The van der Waals surface area contributed by atoms with Gasteiger partial charge in [0.1, 0.15) is 6.67 Å². The summed E-state index contributed by atoms with van der Waals surface area (Å²) in [5.41, 5.74) is 7.00. The summed E-state index contributed by atoms with van der Waals surface area (Å²) in [4.78, 5) is 13.6. The number of likely N-dealkylation sites (tertiary alicyclic amines) is 1. The molecule has 1 heterocycles. The van der Waals surface area contributed by atoms with Gasteiger partial charge in [-0.15, -0.1) is 0 Å². The number of amides is 2. The highest BCUT2D eigenvalue weighted by molar-refractivity contribution is 6.31. The molecule has 5 N–H and O–H groups in total. The average molecular weight is 399 g/mol. The molecule has 1 unspecified atom stereocenters. The standard InChI is InChI=1S/C19H28ClFN4O2/c1-19(2,13-3-7-25(8-4-13)18(27)24-6-5-21)17(26)15-10-14(20)9-12(11-22)16(15)23/h9-11,13,17,22,26H,3-8,23H2,1-2H3,(H,24,27). The van der Waals surface area contributed by atoms with Gasteiger partial charge in [0.15, 0.2) is 0 Å². The van der Waals surface area contributed by atoms with Crippen LogP contribution in [-0.2, 0) is 0 Å². The van der Waals surface area contributed by atoms with Crippen molar-refractivity contribution in [2.24, 2.45) is 11.3 Å². The molecule has 1 saturated heterocycles. The van der Waals surface area contributed by atoms with E-state index in [4.69, 9.17) is 22.7 Å². The molecule has 6 nitrogen and oxygen atoms in total. The van der Waals surface area contributed by atoms with E-state index in [-0.39, 0.29) is 18.5 Å². The Balaban J connectivity index is 2.12. The zero-order valence-corrected chi connectivity index (χ0v) is 16.5. The van der Waals surface area contributed by atoms with Crippen molar-refractivity contribution in [1.29, 1.82) is 5.41 Å². The number of halogens is 2. The number of aliphatic hydroxyl groups excluding tert-OH is 1. The van der Waals surface area contributed by atoms with Crippen LogP contribution < -0.4 is 11.1 Å². The third-order valence-corrected chi connectivity index (χ3v) is 5.79. The number of aliphatic hydroxyl groups is 1. The van der Waals surface area contributed by atoms with E-state index in [1.54, 1.807) is 17.0 Å². The molecule has 1 atom stereocenters. The minimum Gasteiger partial charge on any atom is -0.398 e. The van der Waals surface area contributed by atoms with Gasteiger partial charge in [0.2, 0.25) is 0 Å². The molecule has 27 heavy (non-hydrogen) atoms. The summed E-state index contributed by atoms with van der Waals surface area (Å²) in [7, 11) is 0. The van der Waals surface area contributed by atoms with Crippen molar-refractivity contribution >= 4 is 29.5 Å². The molecule has 1 fully saturated rings. The first-order valence-corrected chi connectivity index (χ1v) is 9.46. The Bertz CT molecular complexity index is 691. The lowest BCUT2D eigenvalue weighted by atomic mass is 9.68. The Morgan fingerprint density at radius 1 is 1.52 bits per heavy atom. The van der Waals surface area contributed by atoms with E-state index in [0.717, 1.165) is 19.1 Å². The van der Waals surface area contributed by atoms with Gasteiger partial charge in [0.05, 0.1) is 6.10 Å². The van der Waals surface area contributed by atoms with Crippen molar-refractivity contribution < 1.29 is 14.3 Å². The fourth-order valence-electron chi connectivity index (χ4n) is 3.72. The predicted octanol–water partition coefficient (Wildman–Crippen LogP) is 3.37. The molecule has 2 amide bonds. The molecule has 8 heteroatoms. The van der Waals surface area contributed by atoms with Crippen LogP contribution in [0.2, 0.25) is 5.02 Å². The monoisotopic (exact) mass is 398 g/mol. The second kappa shape index (κ2) is 8.89. The van der Waals surface area contributed by atoms with E-state index in [9.17, 15) is 14.3 Å². The molecule has 2 rings (SSSR count). The van der Waals surface area contributed by atoms with Gasteiger partial charge < -0.3 is 26.5 Å². The van der Waals surface area contributed by atoms with Gasteiger partial charge in [-0.05, 0) is 36.3 Å². The van der Waals surface area contributed by atoms with Crippen LogP contribution in [0.4, 0.5) is 14.9 Å². The van der Waals surface area contributed by atoms with Gasteiger partial charge in [0.25, 0.3) is 0 Å². The van der Waals surface area contributed by atoms with Gasteiger partial charge in [0, 0.05) is 47.7 Å². The summed E-state index contributed by atoms with van der Waals surface area (Å²) in [5, 5.41) is 21.5. The summed E-state index contributed by atoms with van der Waals surface area (Å²) in [5.74, 6) is 0.166. The molecule has 0 saturated carbocycles. The van der Waals surface area contributed by atoms with E-state index in [1.807, 2.05) is 13.8 Å². The lowest BCUT2D eigenvalue weighted by Gasteiger charge is -2.43. The summed E-state index contributed by atoms with van der Waals surface area (Å²) in [6.45, 7) is 4.50. The molecule has 0 spiro atoms. The average Bonchev–Trinajstić information content (AvgIpc) is 2.66. The van der Waals surface area contributed by atoms with Crippen molar-refractivity contribution in [3.63, 3.8) is 0 Å². The SMILES string of the molecule is CC(C)(C1CCN(C(=O)NCCF)CC1)C(O)c1cc(Cl)cc(C=N)c1N. The van der Waals surface area contributed by atoms with Crippen LogP contribution in [0, 0.1) is 16.7 Å². The van der Waals surface area contributed by atoms with E-state index >= 15 is 0 Å². The maximum atomic E-state index is 12.2. The molecule has 1 aliphatic heterocycles. The molecule has 0 bridgehead atoms. The van der Waals surface area contributed by atoms with Crippen molar-refractivity contribution in [2.75, 3.05) is 32.0 Å². The Hall–Kier alpha value is -1.86. The quantitative estimate of drug-likeness (QED) is 0.436. The Kier molecular flexibility index (Phi) is 7.06. The number of anilines is 1. The zero-order chi connectivity index (χ0) is 20.2. The minimum absolute atomic E-state index is 0.0202. The molecule has 0 aliphatic carbocycles. The van der Waals surface area contributed by atoms with Crippen LogP contribution in [0.3, 0.4) is 0 Å². The van der Waals surface area contributed by atoms with Crippen molar-refractivity contribution in [3.8, 4) is 0 Å². The van der Waals surface area contributed by atoms with Crippen molar-refractivity contribution in [1.82, 2.24) is 10.2 Å². The normalized spacial score (nSPS) is 16.9. The highest BCUT2D eigenvalue weighted by Gasteiger charge is 2.40. The van der Waals surface area contributed by atoms with E-state index in [1.165, 1.54) is 0 Å². The number of rotatable bonds is 6. The lowest BCUT2D eigenvalue weighted by Crippen LogP contribution is -2.47. The topological polar surface area (TPSA) is 102 Å². The number of hydrogen-bond acceptors (Lipinski definition) is 4. The van der Waals surface area contributed by atoms with Gasteiger partial charge >= 0.3 is 6.03 Å². The maximum absolute atomic E-state index is 12.2. The number of alkyl halides is 1. The fraction of sp³-hybridized carbons (Fsp3) is 0.579. The zero-order valence-electron chi connectivity index (χ0n) is 15.8. The van der Waals surface area contributed by atoms with Crippen LogP contribution in [0.5, 0.6) is 0 Å². The van der Waals surface area contributed by atoms with Gasteiger partial charge in [-0.3, -0.25) is 0 Å². The molecule has 1 aliphatic rings. The third kappa shape index (κ3) is 4.71. The maximum Gasteiger partial charge on any atom is 0.317 e. The lowest BCUT2D eigenvalue weighted by molar-refractivity contribution is -0.0146. The number of nitrogens with one attached hydrogen (secondary N) is 2. The van der Waals surface area contributed by atoms with Gasteiger partial charge in [-0.25, -0.2) is 9.18 Å². The fourth-order valence-corrected chi connectivity index (χ4v) is 3.96. The summed E-state index contributed by atoms with van der Waals surface area (Å²) in [6.07, 6.45) is 1.72. The number of nitrogens with two attached hydrogens (primary N) is 1. The van der Waals surface area contributed by atoms with Crippen LogP contribution in [0.15, 0.2) is 12.1 Å². The Morgan fingerprint density at radius 3 is 2.70 bits per heavy atom.